The monoisotopic (exact) mass is 221 g/mol. The first-order chi connectivity index (χ1) is 7.45. The topological polar surface area (TPSA) is 39.2 Å². The van der Waals surface area contributed by atoms with E-state index in [0.29, 0.717) is 6.42 Å². The summed E-state index contributed by atoms with van der Waals surface area (Å²) in [6.45, 7) is 5.99. The zero-order valence-electron chi connectivity index (χ0n) is 10.4. The first-order valence-corrected chi connectivity index (χ1v) is 5.40. The molecule has 0 N–H and O–H groups in total. The van der Waals surface area contributed by atoms with E-state index >= 15 is 0 Å². The number of hydrogen-bond acceptors (Lipinski definition) is 3. The summed E-state index contributed by atoms with van der Waals surface area (Å²) in [6, 6.07) is 5.58. The van der Waals surface area contributed by atoms with Crippen LogP contribution in [0.5, 0.6) is 0 Å². The number of ether oxygens (including phenoxy) is 1. The molecule has 0 bridgehead atoms. The van der Waals surface area contributed by atoms with E-state index in [1.165, 1.54) is 0 Å². The minimum Gasteiger partial charge on any atom is -0.373 e. The summed E-state index contributed by atoms with van der Waals surface area (Å²) in [5.41, 5.74) is 0.611. The van der Waals surface area contributed by atoms with Gasteiger partial charge in [0.05, 0.1) is 6.42 Å². The number of rotatable bonds is 4. The Balaban J connectivity index is 2.71. The highest BCUT2D eigenvalue weighted by atomic mass is 16.5. The molecule has 1 aromatic heterocycles. The molecule has 3 heteroatoms. The Morgan fingerprint density at radius 1 is 1.44 bits per heavy atom. The number of nitrogens with zero attached hydrogens (tertiary/aromatic N) is 1. The van der Waals surface area contributed by atoms with E-state index in [1.54, 1.807) is 13.3 Å². The third-order valence-electron chi connectivity index (χ3n) is 2.40. The van der Waals surface area contributed by atoms with Gasteiger partial charge in [-0.2, -0.15) is 0 Å². The molecule has 0 aliphatic rings. The molecule has 1 atom stereocenters. The highest BCUT2D eigenvalue weighted by molar-refractivity contribution is 5.85. The summed E-state index contributed by atoms with van der Waals surface area (Å²) in [7, 11) is 1.58. The standard InChI is InChI=1S/C13H19NO2/c1-13(2,3)12(16-4)11(15)9-10-7-5-6-8-14-10/h5-8,12H,9H2,1-4H3. The van der Waals surface area contributed by atoms with Gasteiger partial charge in [0, 0.05) is 19.0 Å². The number of methoxy groups -OCH3 is 1. The van der Waals surface area contributed by atoms with E-state index in [9.17, 15) is 4.79 Å². The van der Waals surface area contributed by atoms with Crippen LogP contribution in [0.1, 0.15) is 26.5 Å². The number of hydrogen-bond donors (Lipinski definition) is 0. The molecule has 1 unspecified atom stereocenters. The second kappa shape index (κ2) is 5.21. The fourth-order valence-corrected chi connectivity index (χ4v) is 1.74. The summed E-state index contributed by atoms with van der Waals surface area (Å²) in [5, 5.41) is 0. The molecule has 1 aromatic rings. The van der Waals surface area contributed by atoms with Crippen LogP contribution in [0, 0.1) is 5.41 Å². The van der Waals surface area contributed by atoms with Crippen LogP contribution in [0.4, 0.5) is 0 Å². The molecule has 0 spiro atoms. The first-order valence-electron chi connectivity index (χ1n) is 5.40. The van der Waals surface area contributed by atoms with Gasteiger partial charge in [0.2, 0.25) is 0 Å². The van der Waals surface area contributed by atoms with E-state index < -0.39 is 0 Å². The van der Waals surface area contributed by atoms with Gasteiger partial charge < -0.3 is 4.74 Å². The molecule has 0 amide bonds. The molecule has 16 heavy (non-hydrogen) atoms. The van der Waals surface area contributed by atoms with Crippen LogP contribution in [0.25, 0.3) is 0 Å². The second-order valence-electron chi connectivity index (χ2n) is 4.95. The van der Waals surface area contributed by atoms with Gasteiger partial charge in [-0.3, -0.25) is 9.78 Å². The van der Waals surface area contributed by atoms with Crippen molar-refractivity contribution in [2.24, 2.45) is 5.41 Å². The van der Waals surface area contributed by atoms with E-state index in [0.717, 1.165) is 5.69 Å². The number of aromatic nitrogens is 1. The highest BCUT2D eigenvalue weighted by Crippen LogP contribution is 2.23. The van der Waals surface area contributed by atoms with Crippen LogP contribution in [0.3, 0.4) is 0 Å². The average molecular weight is 221 g/mol. The molecular weight excluding hydrogens is 202 g/mol. The lowest BCUT2D eigenvalue weighted by atomic mass is 9.85. The Bertz CT molecular complexity index is 341. The Morgan fingerprint density at radius 2 is 2.12 bits per heavy atom. The molecule has 0 aliphatic heterocycles. The Morgan fingerprint density at radius 3 is 2.56 bits per heavy atom. The maximum absolute atomic E-state index is 12.0. The SMILES string of the molecule is COC(C(=O)Cc1ccccn1)C(C)(C)C. The maximum Gasteiger partial charge on any atom is 0.168 e. The molecule has 0 aliphatic carbocycles. The quantitative estimate of drug-likeness (QED) is 0.782. The van der Waals surface area contributed by atoms with Crippen molar-refractivity contribution in [3.8, 4) is 0 Å². The fraction of sp³-hybridized carbons (Fsp3) is 0.538. The normalized spacial score (nSPS) is 13.5. The molecule has 0 saturated heterocycles. The molecule has 0 aromatic carbocycles. The number of carbonyl (C=O) groups excluding carboxylic acids is 1. The van der Waals surface area contributed by atoms with Crippen molar-refractivity contribution < 1.29 is 9.53 Å². The predicted octanol–water partition coefficient (Wildman–Crippen LogP) is 2.25. The van der Waals surface area contributed by atoms with Gasteiger partial charge in [0.1, 0.15) is 6.10 Å². The lowest BCUT2D eigenvalue weighted by Crippen LogP contribution is -2.37. The number of Topliss-reactive ketones (excluding diaryl/α,β-unsaturated/α-hetero) is 1. The molecule has 0 fully saturated rings. The van der Waals surface area contributed by atoms with Crippen LogP contribution in [0.2, 0.25) is 0 Å². The van der Waals surface area contributed by atoms with Crippen molar-refractivity contribution >= 4 is 5.78 Å². The third kappa shape index (κ3) is 3.42. The number of carbonyl (C=O) groups is 1. The Labute approximate surface area is 96.8 Å². The maximum atomic E-state index is 12.0. The summed E-state index contributed by atoms with van der Waals surface area (Å²) in [6.07, 6.45) is 1.65. The van der Waals surface area contributed by atoms with Crippen LogP contribution in [-0.2, 0) is 16.0 Å². The number of pyridine rings is 1. The van der Waals surface area contributed by atoms with E-state index in [2.05, 4.69) is 4.98 Å². The molecule has 0 saturated carbocycles. The van der Waals surface area contributed by atoms with Crippen molar-refractivity contribution in [1.29, 1.82) is 0 Å². The van der Waals surface area contributed by atoms with Gasteiger partial charge in [-0.05, 0) is 17.5 Å². The lowest BCUT2D eigenvalue weighted by Gasteiger charge is -2.27. The zero-order chi connectivity index (χ0) is 12.2. The number of ketones is 1. The smallest absolute Gasteiger partial charge is 0.168 e. The Hall–Kier alpha value is -1.22. The van der Waals surface area contributed by atoms with Crippen LogP contribution < -0.4 is 0 Å². The van der Waals surface area contributed by atoms with Crippen LogP contribution >= 0.6 is 0 Å². The zero-order valence-corrected chi connectivity index (χ0v) is 10.4. The van der Waals surface area contributed by atoms with Crippen molar-refractivity contribution in [3.05, 3.63) is 30.1 Å². The summed E-state index contributed by atoms with van der Waals surface area (Å²) >= 11 is 0. The van der Waals surface area contributed by atoms with Crippen molar-refractivity contribution in [1.82, 2.24) is 4.98 Å². The van der Waals surface area contributed by atoms with Crippen molar-refractivity contribution in [3.63, 3.8) is 0 Å². The molecule has 88 valence electrons. The predicted molar refractivity (Wildman–Crippen MR) is 63.2 cm³/mol. The summed E-state index contributed by atoms with van der Waals surface area (Å²) in [4.78, 5) is 16.2. The average Bonchev–Trinajstić information content (AvgIpc) is 2.17. The van der Waals surface area contributed by atoms with Crippen LogP contribution in [-0.4, -0.2) is 24.0 Å². The van der Waals surface area contributed by atoms with Gasteiger partial charge in [-0.25, -0.2) is 0 Å². The summed E-state index contributed by atoms with van der Waals surface area (Å²) in [5.74, 6) is 0.0775. The van der Waals surface area contributed by atoms with Crippen LogP contribution in [0.15, 0.2) is 24.4 Å². The molecular formula is C13H19NO2. The van der Waals surface area contributed by atoms with E-state index in [1.807, 2.05) is 39.0 Å². The van der Waals surface area contributed by atoms with Gasteiger partial charge in [0.25, 0.3) is 0 Å². The van der Waals surface area contributed by atoms with Gasteiger partial charge in [-0.15, -0.1) is 0 Å². The van der Waals surface area contributed by atoms with E-state index in [4.69, 9.17) is 4.74 Å². The second-order valence-corrected chi connectivity index (χ2v) is 4.95. The highest BCUT2D eigenvalue weighted by Gasteiger charge is 2.30. The van der Waals surface area contributed by atoms with E-state index in [-0.39, 0.29) is 17.3 Å². The Kier molecular flexibility index (Phi) is 4.19. The molecule has 1 rings (SSSR count). The molecule has 1 heterocycles. The fourth-order valence-electron chi connectivity index (χ4n) is 1.74. The molecule has 0 radical (unpaired) electrons. The molecule has 3 nitrogen and oxygen atoms in total. The van der Waals surface area contributed by atoms with Crippen molar-refractivity contribution in [2.45, 2.75) is 33.3 Å². The minimum absolute atomic E-state index is 0.0775. The van der Waals surface area contributed by atoms with Gasteiger partial charge in [-0.1, -0.05) is 26.8 Å². The minimum atomic E-state index is -0.380. The lowest BCUT2D eigenvalue weighted by molar-refractivity contribution is -0.134. The summed E-state index contributed by atoms with van der Waals surface area (Å²) < 4.78 is 5.27. The largest absolute Gasteiger partial charge is 0.373 e. The first kappa shape index (κ1) is 12.8. The third-order valence-corrected chi connectivity index (χ3v) is 2.40. The van der Waals surface area contributed by atoms with Gasteiger partial charge >= 0.3 is 0 Å². The van der Waals surface area contributed by atoms with Gasteiger partial charge in [0.15, 0.2) is 5.78 Å². The van der Waals surface area contributed by atoms with Crippen molar-refractivity contribution in [2.75, 3.05) is 7.11 Å².